The zero-order valence-electron chi connectivity index (χ0n) is 13.2. The van der Waals surface area contributed by atoms with E-state index in [2.05, 4.69) is 41.4 Å². The first-order valence-corrected chi connectivity index (χ1v) is 8.39. The maximum absolute atomic E-state index is 12.1. The Morgan fingerprint density at radius 1 is 1.19 bits per heavy atom. The minimum absolute atomic E-state index is 0.273. The molecule has 0 radical (unpaired) electrons. The lowest BCUT2D eigenvalue weighted by Gasteiger charge is -2.24. The predicted molar refractivity (Wildman–Crippen MR) is 88.5 cm³/mol. The van der Waals surface area contributed by atoms with Crippen LogP contribution in [0.2, 0.25) is 0 Å². The Hall–Kier alpha value is -1.51. The maximum Gasteiger partial charge on any atom is 0.223 e. The van der Waals surface area contributed by atoms with E-state index in [0.717, 1.165) is 38.9 Å². The van der Waals surface area contributed by atoms with Gasteiger partial charge in [0.15, 0.2) is 0 Å². The van der Waals surface area contributed by atoms with E-state index in [4.69, 9.17) is 0 Å². The summed E-state index contributed by atoms with van der Waals surface area (Å²) in [6, 6.07) is 10.5. The summed E-state index contributed by atoms with van der Waals surface area (Å²) in [6.07, 6.45) is 6.90. The number of anilines is 1. The van der Waals surface area contributed by atoms with Gasteiger partial charge in [-0.25, -0.2) is 0 Å². The summed E-state index contributed by atoms with van der Waals surface area (Å²) in [6.45, 7) is 4.96. The van der Waals surface area contributed by atoms with Gasteiger partial charge in [-0.15, -0.1) is 0 Å². The largest absolute Gasteiger partial charge is 0.372 e. The van der Waals surface area contributed by atoms with Crippen molar-refractivity contribution in [1.29, 1.82) is 0 Å². The maximum atomic E-state index is 12.1. The van der Waals surface area contributed by atoms with E-state index >= 15 is 0 Å². The predicted octanol–water partition coefficient (Wildman–Crippen LogP) is 3.60. The SMILES string of the molecule is CCN(CCCNC(=O)C1CCCCC1)c1ccccc1. The summed E-state index contributed by atoms with van der Waals surface area (Å²) >= 11 is 0. The molecular formula is C18H28N2O. The van der Waals surface area contributed by atoms with Crippen LogP contribution in [0.15, 0.2) is 30.3 Å². The Balaban J connectivity index is 1.67. The summed E-state index contributed by atoms with van der Waals surface area (Å²) in [4.78, 5) is 14.4. The van der Waals surface area contributed by atoms with Crippen LogP contribution < -0.4 is 10.2 Å². The van der Waals surface area contributed by atoms with Gasteiger partial charge in [0.2, 0.25) is 5.91 Å². The first kappa shape index (κ1) is 15.9. The fourth-order valence-electron chi connectivity index (χ4n) is 3.10. The monoisotopic (exact) mass is 288 g/mol. The fraction of sp³-hybridized carbons (Fsp3) is 0.611. The second kappa shape index (κ2) is 8.71. The molecule has 0 heterocycles. The molecule has 1 aliphatic rings. The van der Waals surface area contributed by atoms with E-state index in [-0.39, 0.29) is 11.8 Å². The first-order chi connectivity index (χ1) is 10.3. The van der Waals surface area contributed by atoms with Crippen LogP contribution in [0.4, 0.5) is 5.69 Å². The van der Waals surface area contributed by atoms with Crippen molar-refractivity contribution in [3.05, 3.63) is 30.3 Å². The molecule has 21 heavy (non-hydrogen) atoms. The molecule has 1 aromatic rings. The molecule has 3 heteroatoms. The molecule has 1 N–H and O–H groups in total. The zero-order valence-corrected chi connectivity index (χ0v) is 13.2. The van der Waals surface area contributed by atoms with Crippen molar-refractivity contribution in [2.45, 2.75) is 45.4 Å². The van der Waals surface area contributed by atoms with Crippen LogP contribution in [0.1, 0.15) is 45.4 Å². The van der Waals surface area contributed by atoms with Crippen LogP contribution in [0.3, 0.4) is 0 Å². The van der Waals surface area contributed by atoms with Gasteiger partial charge < -0.3 is 10.2 Å². The standard InChI is InChI=1S/C18H28N2O/c1-2-20(17-12-7-4-8-13-17)15-9-14-19-18(21)16-10-5-3-6-11-16/h4,7-8,12-13,16H,2-3,5-6,9-11,14-15H2,1H3,(H,19,21). The molecule has 0 aliphatic heterocycles. The molecule has 1 fully saturated rings. The molecule has 0 atom stereocenters. The van der Waals surface area contributed by atoms with E-state index in [1.165, 1.54) is 24.9 Å². The molecule has 1 saturated carbocycles. The van der Waals surface area contributed by atoms with Crippen LogP contribution in [0.5, 0.6) is 0 Å². The molecule has 0 spiro atoms. The lowest BCUT2D eigenvalue weighted by atomic mass is 9.89. The summed E-state index contributed by atoms with van der Waals surface area (Å²) in [7, 11) is 0. The molecule has 1 aromatic carbocycles. The van der Waals surface area contributed by atoms with Gasteiger partial charge in [0.1, 0.15) is 0 Å². The van der Waals surface area contributed by atoms with Gasteiger partial charge in [-0.2, -0.15) is 0 Å². The van der Waals surface area contributed by atoms with Crippen LogP contribution >= 0.6 is 0 Å². The van der Waals surface area contributed by atoms with Gasteiger partial charge in [0, 0.05) is 31.2 Å². The molecule has 3 nitrogen and oxygen atoms in total. The van der Waals surface area contributed by atoms with Gasteiger partial charge in [-0.3, -0.25) is 4.79 Å². The van der Waals surface area contributed by atoms with E-state index in [0.29, 0.717) is 0 Å². The van der Waals surface area contributed by atoms with Crippen molar-refractivity contribution < 1.29 is 4.79 Å². The number of amides is 1. The molecule has 116 valence electrons. The Labute approximate surface area is 128 Å². The van der Waals surface area contributed by atoms with E-state index in [9.17, 15) is 4.79 Å². The van der Waals surface area contributed by atoms with Gasteiger partial charge in [-0.05, 0) is 38.3 Å². The Morgan fingerprint density at radius 2 is 1.90 bits per heavy atom. The van der Waals surface area contributed by atoms with Gasteiger partial charge in [-0.1, -0.05) is 37.5 Å². The fourth-order valence-corrected chi connectivity index (χ4v) is 3.10. The van der Waals surface area contributed by atoms with Gasteiger partial charge in [0.05, 0.1) is 0 Å². The van der Waals surface area contributed by atoms with Crippen LogP contribution in [0, 0.1) is 5.92 Å². The van der Waals surface area contributed by atoms with Gasteiger partial charge >= 0.3 is 0 Å². The van der Waals surface area contributed by atoms with Crippen molar-refractivity contribution in [3.8, 4) is 0 Å². The number of hydrogen-bond donors (Lipinski definition) is 1. The number of nitrogens with zero attached hydrogens (tertiary/aromatic N) is 1. The highest BCUT2D eigenvalue weighted by molar-refractivity contribution is 5.78. The normalized spacial score (nSPS) is 15.7. The quantitative estimate of drug-likeness (QED) is 0.778. The minimum atomic E-state index is 0.273. The average molecular weight is 288 g/mol. The lowest BCUT2D eigenvalue weighted by molar-refractivity contribution is -0.125. The molecule has 0 bridgehead atoms. The van der Waals surface area contributed by atoms with Gasteiger partial charge in [0.25, 0.3) is 0 Å². The Bertz CT molecular complexity index is 412. The third-order valence-electron chi connectivity index (χ3n) is 4.38. The van der Waals surface area contributed by atoms with Crippen molar-refractivity contribution in [1.82, 2.24) is 5.32 Å². The third-order valence-corrected chi connectivity index (χ3v) is 4.38. The summed E-state index contributed by atoms with van der Waals surface area (Å²) < 4.78 is 0. The summed E-state index contributed by atoms with van der Waals surface area (Å²) in [5, 5.41) is 3.12. The molecule has 2 rings (SSSR count). The summed E-state index contributed by atoms with van der Waals surface area (Å²) in [5.41, 5.74) is 1.26. The van der Waals surface area contributed by atoms with E-state index in [1.807, 2.05) is 6.07 Å². The molecule has 0 aromatic heterocycles. The number of carbonyl (C=O) groups excluding carboxylic acids is 1. The third kappa shape index (κ3) is 5.07. The van der Waals surface area contributed by atoms with Crippen LogP contribution in [-0.4, -0.2) is 25.5 Å². The Kier molecular flexibility index (Phi) is 6.58. The molecule has 1 amide bonds. The highest BCUT2D eigenvalue weighted by atomic mass is 16.1. The zero-order chi connectivity index (χ0) is 14.9. The van der Waals surface area contributed by atoms with Crippen molar-refractivity contribution in [2.24, 2.45) is 5.92 Å². The minimum Gasteiger partial charge on any atom is -0.372 e. The van der Waals surface area contributed by atoms with Crippen molar-refractivity contribution in [2.75, 3.05) is 24.5 Å². The highest BCUT2D eigenvalue weighted by Crippen LogP contribution is 2.23. The average Bonchev–Trinajstić information content (AvgIpc) is 2.56. The number of carbonyl (C=O) groups is 1. The first-order valence-electron chi connectivity index (χ1n) is 8.39. The summed E-state index contributed by atoms with van der Waals surface area (Å²) in [5.74, 6) is 0.549. The van der Waals surface area contributed by atoms with Crippen molar-refractivity contribution in [3.63, 3.8) is 0 Å². The van der Waals surface area contributed by atoms with Crippen LogP contribution in [0.25, 0.3) is 0 Å². The van der Waals surface area contributed by atoms with E-state index < -0.39 is 0 Å². The smallest absolute Gasteiger partial charge is 0.223 e. The van der Waals surface area contributed by atoms with E-state index in [1.54, 1.807) is 0 Å². The second-order valence-electron chi connectivity index (χ2n) is 5.89. The number of benzene rings is 1. The molecular weight excluding hydrogens is 260 g/mol. The number of rotatable bonds is 7. The second-order valence-corrected chi connectivity index (χ2v) is 5.89. The molecule has 1 aliphatic carbocycles. The number of nitrogens with one attached hydrogen (secondary N) is 1. The van der Waals surface area contributed by atoms with Crippen LogP contribution in [-0.2, 0) is 4.79 Å². The van der Waals surface area contributed by atoms with Crippen molar-refractivity contribution >= 4 is 11.6 Å². The molecule has 0 saturated heterocycles. The lowest BCUT2D eigenvalue weighted by Crippen LogP contribution is -2.34. The molecule has 0 unspecified atom stereocenters. The number of hydrogen-bond acceptors (Lipinski definition) is 2. The topological polar surface area (TPSA) is 32.3 Å². The Morgan fingerprint density at radius 3 is 2.57 bits per heavy atom. The highest BCUT2D eigenvalue weighted by Gasteiger charge is 2.20. The number of para-hydroxylation sites is 1.